The van der Waals surface area contributed by atoms with Crippen LogP contribution in [-0.4, -0.2) is 74.7 Å². The molecular formula is C24H32N6O2. The zero-order chi connectivity index (χ0) is 23.0. The fraction of sp³-hybridized carbons (Fsp3) is 0.500. The van der Waals surface area contributed by atoms with Gasteiger partial charge in [-0.15, -0.1) is 0 Å². The van der Waals surface area contributed by atoms with Crippen LogP contribution in [0.4, 0.5) is 4.79 Å². The highest BCUT2D eigenvalue weighted by molar-refractivity contribution is 6.04. The third kappa shape index (κ3) is 4.01. The zero-order valence-electron chi connectivity index (χ0n) is 19.5. The second-order valence-corrected chi connectivity index (χ2v) is 9.15. The van der Waals surface area contributed by atoms with E-state index in [1.165, 1.54) is 10.5 Å². The molecule has 1 saturated heterocycles. The van der Waals surface area contributed by atoms with Crippen LogP contribution in [0.1, 0.15) is 37.2 Å². The van der Waals surface area contributed by atoms with Crippen LogP contribution in [0, 0.1) is 19.8 Å². The zero-order valence-corrected chi connectivity index (χ0v) is 19.5. The van der Waals surface area contributed by atoms with Crippen molar-refractivity contribution in [1.82, 2.24) is 24.5 Å². The van der Waals surface area contributed by atoms with Crippen molar-refractivity contribution < 1.29 is 9.59 Å². The van der Waals surface area contributed by atoms with Gasteiger partial charge in [0.1, 0.15) is 0 Å². The van der Waals surface area contributed by atoms with Gasteiger partial charge in [-0.2, -0.15) is 5.10 Å². The molecule has 8 nitrogen and oxygen atoms in total. The molecule has 0 bridgehead atoms. The van der Waals surface area contributed by atoms with Gasteiger partial charge in [0.15, 0.2) is 12.2 Å². The smallest absolute Gasteiger partial charge is 0.325 e. The molecule has 3 heterocycles. The first-order valence-electron chi connectivity index (χ1n) is 11.3. The minimum absolute atomic E-state index is 0.174. The maximum atomic E-state index is 13.5. The highest BCUT2D eigenvalue weighted by atomic mass is 16.2. The van der Waals surface area contributed by atoms with Gasteiger partial charge in [0.25, 0.3) is 5.91 Å². The summed E-state index contributed by atoms with van der Waals surface area (Å²) in [6.45, 7) is 8.99. The summed E-state index contributed by atoms with van der Waals surface area (Å²) in [4.78, 5) is 36.4. The van der Waals surface area contributed by atoms with Crippen molar-refractivity contribution in [3.8, 4) is 0 Å². The van der Waals surface area contributed by atoms with E-state index in [0.717, 1.165) is 24.2 Å². The fourth-order valence-electron chi connectivity index (χ4n) is 4.54. The molecule has 4 rings (SSSR count). The molecule has 1 aromatic carbocycles. The van der Waals surface area contributed by atoms with Crippen LogP contribution in [-0.2, 0) is 11.2 Å². The quantitative estimate of drug-likeness (QED) is 0.698. The first-order valence-corrected chi connectivity index (χ1v) is 11.3. The summed E-state index contributed by atoms with van der Waals surface area (Å²) in [6.07, 6.45) is 1.22. The number of benzene rings is 1. The summed E-state index contributed by atoms with van der Waals surface area (Å²) in [5.74, 6) is 0.655. The monoisotopic (exact) mass is 436 g/mol. The highest BCUT2D eigenvalue weighted by Crippen LogP contribution is 2.29. The number of aryl methyl sites for hydroxylation is 3. The fourth-order valence-corrected chi connectivity index (χ4v) is 4.54. The molecule has 1 aromatic heterocycles. The molecule has 0 radical (unpaired) electrons. The van der Waals surface area contributed by atoms with Crippen molar-refractivity contribution in [2.24, 2.45) is 10.9 Å². The number of aromatic nitrogens is 2. The minimum Gasteiger partial charge on any atom is -0.325 e. The molecule has 2 unspecified atom stereocenters. The van der Waals surface area contributed by atoms with Crippen molar-refractivity contribution in [1.29, 1.82) is 0 Å². The summed E-state index contributed by atoms with van der Waals surface area (Å²) in [5, 5.41) is 4.62. The second-order valence-electron chi connectivity index (χ2n) is 9.15. The normalized spacial score (nSPS) is 20.9. The second kappa shape index (κ2) is 8.76. The number of amides is 3. The largest absolute Gasteiger partial charge is 0.328 e. The number of aliphatic imine (C=N–C) groups is 1. The number of hydrogen-bond acceptors (Lipinski definition) is 5. The Labute approximate surface area is 189 Å². The van der Waals surface area contributed by atoms with Crippen molar-refractivity contribution >= 4 is 17.9 Å². The number of rotatable bonds is 6. The predicted octanol–water partition coefficient (Wildman–Crippen LogP) is 2.90. The Kier molecular flexibility index (Phi) is 6.04. The third-order valence-corrected chi connectivity index (χ3v) is 6.03. The van der Waals surface area contributed by atoms with E-state index in [1.807, 2.05) is 56.9 Å². The molecule has 0 N–H and O–H groups in total. The molecule has 0 spiro atoms. The summed E-state index contributed by atoms with van der Waals surface area (Å²) in [5.41, 5.74) is 3.10. The van der Waals surface area contributed by atoms with Crippen LogP contribution in [0.25, 0.3) is 0 Å². The van der Waals surface area contributed by atoms with Crippen LogP contribution < -0.4 is 0 Å². The third-order valence-electron chi connectivity index (χ3n) is 6.03. The standard InChI is InChI=1S/C24H32N6O2/c1-16(2)15-29-22(31)20-21(27(5)24(29)32)25-23(30-18(4)14-17(3)26-30)28(20)13-9-12-19-10-7-6-8-11-19/h6-8,10-11,14,16,20-21H,9,12-13,15H2,1-5H3. The minimum atomic E-state index is -0.547. The van der Waals surface area contributed by atoms with E-state index < -0.39 is 12.2 Å². The molecule has 32 heavy (non-hydrogen) atoms. The SMILES string of the molecule is Cc1cc(C)n(C2=NC3C(C(=O)N(CC(C)C)C(=O)N3C)N2CCCc2ccccc2)n1. The lowest BCUT2D eigenvalue weighted by Gasteiger charge is -2.41. The molecule has 2 atom stereocenters. The number of fused-ring (bicyclic) bond motifs is 1. The van der Waals surface area contributed by atoms with Crippen LogP contribution in [0.5, 0.6) is 0 Å². The molecule has 2 aliphatic heterocycles. The number of urea groups is 1. The molecule has 2 aliphatic rings. The van der Waals surface area contributed by atoms with E-state index in [-0.39, 0.29) is 17.9 Å². The van der Waals surface area contributed by atoms with E-state index in [9.17, 15) is 9.59 Å². The summed E-state index contributed by atoms with van der Waals surface area (Å²) >= 11 is 0. The Hall–Kier alpha value is -3.16. The Morgan fingerprint density at radius 1 is 1.09 bits per heavy atom. The molecule has 2 aromatic rings. The molecule has 8 heteroatoms. The highest BCUT2D eigenvalue weighted by Gasteiger charge is 2.52. The molecule has 1 fully saturated rings. The van der Waals surface area contributed by atoms with E-state index in [2.05, 4.69) is 17.2 Å². The van der Waals surface area contributed by atoms with Crippen molar-refractivity contribution in [3.63, 3.8) is 0 Å². The number of nitrogens with zero attached hydrogens (tertiary/aromatic N) is 6. The van der Waals surface area contributed by atoms with Gasteiger partial charge >= 0.3 is 6.03 Å². The van der Waals surface area contributed by atoms with Gasteiger partial charge < -0.3 is 9.80 Å². The Bertz CT molecular complexity index is 1030. The van der Waals surface area contributed by atoms with Crippen molar-refractivity contribution in [3.05, 3.63) is 53.3 Å². The maximum absolute atomic E-state index is 13.5. The molecule has 0 saturated carbocycles. The van der Waals surface area contributed by atoms with Crippen molar-refractivity contribution in [2.75, 3.05) is 20.1 Å². The number of carbonyl (C=O) groups is 2. The maximum Gasteiger partial charge on any atom is 0.328 e. The lowest BCUT2D eigenvalue weighted by molar-refractivity contribution is -0.138. The first kappa shape index (κ1) is 22.0. The van der Waals surface area contributed by atoms with Crippen molar-refractivity contribution in [2.45, 2.75) is 52.7 Å². The first-order chi connectivity index (χ1) is 15.3. The lowest BCUT2D eigenvalue weighted by Crippen LogP contribution is -2.65. The molecular weight excluding hydrogens is 404 g/mol. The Balaban J connectivity index is 1.65. The molecule has 0 aliphatic carbocycles. The number of likely N-dealkylation sites (N-methyl/N-ethyl adjacent to an activating group) is 1. The van der Waals surface area contributed by atoms with Gasteiger partial charge in [0.05, 0.1) is 5.69 Å². The number of hydrogen-bond donors (Lipinski definition) is 0. The van der Waals surface area contributed by atoms with Crippen LogP contribution in [0.2, 0.25) is 0 Å². The van der Waals surface area contributed by atoms with Gasteiger partial charge in [0, 0.05) is 25.8 Å². The van der Waals surface area contributed by atoms with E-state index in [1.54, 1.807) is 16.6 Å². The van der Waals surface area contributed by atoms with E-state index >= 15 is 0 Å². The molecule has 3 amide bonds. The average molecular weight is 437 g/mol. The van der Waals surface area contributed by atoms with Crippen LogP contribution in [0.15, 0.2) is 41.4 Å². The van der Waals surface area contributed by atoms with Gasteiger partial charge in [-0.25, -0.2) is 14.5 Å². The van der Waals surface area contributed by atoms with Gasteiger partial charge in [-0.3, -0.25) is 9.69 Å². The van der Waals surface area contributed by atoms with Crippen LogP contribution in [0.3, 0.4) is 0 Å². The Morgan fingerprint density at radius 2 is 1.81 bits per heavy atom. The summed E-state index contributed by atoms with van der Waals surface area (Å²) < 4.78 is 1.80. The van der Waals surface area contributed by atoms with Gasteiger partial charge in [-0.1, -0.05) is 44.2 Å². The average Bonchev–Trinajstić information content (AvgIpc) is 3.29. The summed E-state index contributed by atoms with van der Waals surface area (Å²) in [6, 6.07) is 11.5. The van der Waals surface area contributed by atoms with Gasteiger partial charge in [-0.05, 0) is 44.2 Å². The topological polar surface area (TPSA) is 74.0 Å². The molecule has 170 valence electrons. The Morgan fingerprint density at radius 3 is 2.44 bits per heavy atom. The number of carbonyl (C=O) groups excluding carboxylic acids is 2. The van der Waals surface area contributed by atoms with E-state index in [0.29, 0.717) is 19.0 Å². The van der Waals surface area contributed by atoms with Gasteiger partial charge in [0.2, 0.25) is 5.96 Å². The lowest BCUT2D eigenvalue weighted by atomic mass is 10.1. The van der Waals surface area contributed by atoms with Crippen LogP contribution >= 0.6 is 0 Å². The predicted molar refractivity (Wildman–Crippen MR) is 123 cm³/mol. The number of imide groups is 1. The van der Waals surface area contributed by atoms with E-state index in [4.69, 9.17) is 4.99 Å². The summed E-state index contributed by atoms with van der Waals surface area (Å²) in [7, 11) is 1.73.